The van der Waals surface area contributed by atoms with Crippen LogP contribution in [0.25, 0.3) is 10.4 Å². The molecular weight excluding hydrogens is 1130 g/mol. The highest BCUT2D eigenvalue weighted by molar-refractivity contribution is 7.13. The van der Waals surface area contributed by atoms with Gasteiger partial charge in [0.25, 0.3) is 11.8 Å². The summed E-state index contributed by atoms with van der Waals surface area (Å²) in [6, 6.07) is 16.6. The van der Waals surface area contributed by atoms with E-state index >= 15 is 0 Å². The van der Waals surface area contributed by atoms with E-state index in [-0.39, 0.29) is 153 Å². The molecule has 2 aliphatic rings. The van der Waals surface area contributed by atoms with Crippen LogP contribution < -0.4 is 21.1 Å². The van der Waals surface area contributed by atoms with Crippen molar-refractivity contribution in [3.63, 3.8) is 0 Å². The number of halogens is 3. The fourth-order valence-corrected chi connectivity index (χ4v) is 11.6. The highest BCUT2D eigenvalue weighted by Crippen LogP contribution is 2.37. The van der Waals surface area contributed by atoms with Crippen LogP contribution in [0.4, 0.5) is 15.9 Å². The summed E-state index contributed by atoms with van der Waals surface area (Å²) in [5.41, 5.74) is 10.9. The van der Waals surface area contributed by atoms with Crippen molar-refractivity contribution in [3.8, 4) is 16.2 Å². The lowest BCUT2D eigenvalue weighted by molar-refractivity contribution is -0.146. The van der Waals surface area contributed by atoms with E-state index in [1.54, 1.807) is 57.8 Å². The summed E-state index contributed by atoms with van der Waals surface area (Å²) in [5.74, 6) is -3.35. The van der Waals surface area contributed by atoms with Crippen LogP contribution in [0.5, 0.6) is 5.75 Å². The number of aliphatic hydroxyl groups excluding tert-OH is 1. The maximum atomic E-state index is 14.2. The number of rotatable bonds is 25. The number of Topliss-reactive ketones (excluding diaryl/α,β-unsaturated/α-hetero) is 1. The van der Waals surface area contributed by atoms with Crippen LogP contribution in [0.15, 0.2) is 72.2 Å². The molecule has 0 aliphatic carbocycles. The Morgan fingerprint density at radius 2 is 1.51 bits per heavy atom. The number of nitrogen functional groups attached to an aromatic ring is 1. The third kappa shape index (κ3) is 17.0. The van der Waals surface area contributed by atoms with Crippen molar-refractivity contribution in [3.05, 3.63) is 116 Å². The molecule has 0 unspecified atom stereocenters. The number of nitrogens with one attached hydrogen (secondary N) is 2. The van der Waals surface area contributed by atoms with Gasteiger partial charge in [0, 0.05) is 91.3 Å². The van der Waals surface area contributed by atoms with Gasteiger partial charge in [-0.15, -0.1) is 21.5 Å². The standard InChI is InChI=1S/C59H72Cl2FN9O11S/c1-34-30-69(57(77)40-12-14-41(15-13-40)66-55(75)47-28-49(54(63)68-67-47)82-37(4)51-45(60)16-17-46(62)52(51)61)31-35(2)71(34)50(74)19-21-80-23-25-81-24-22-79-20-18-42(72)26-44(59(5,6)7)58(78)70-32-43(73)27-48(70)56(76)64-29-38-8-10-39(11-9-38)53-36(3)65-33-83-53/h8-17,28,33-35,37,43-44,48,73H,18-27,29-32H2,1-7H3,(H2,63,68)(H,64,76)(H,66,75)/t34-,35+,37-,43-,44-,48+/m1/s1. The van der Waals surface area contributed by atoms with Crippen LogP contribution in [-0.4, -0.2) is 154 Å². The van der Waals surface area contributed by atoms with E-state index in [0.29, 0.717) is 24.3 Å². The molecule has 5 N–H and O–H groups in total. The number of amides is 5. The number of benzene rings is 3. The Morgan fingerprint density at radius 3 is 2.13 bits per heavy atom. The molecule has 6 atom stereocenters. The Labute approximate surface area is 496 Å². The predicted molar refractivity (Wildman–Crippen MR) is 312 cm³/mol. The first-order chi connectivity index (χ1) is 39.5. The number of β-amino-alcohol motifs (C(OH)–C–C–N with tert-alkyl or cyclic N) is 1. The maximum Gasteiger partial charge on any atom is 0.276 e. The molecule has 0 spiro atoms. The first kappa shape index (κ1) is 63.9. The zero-order valence-corrected chi connectivity index (χ0v) is 50.0. The number of thiazole rings is 1. The quantitative estimate of drug-likeness (QED) is 0.0318. The van der Waals surface area contributed by atoms with Crippen molar-refractivity contribution in [1.82, 2.24) is 35.2 Å². The van der Waals surface area contributed by atoms with Crippen molar-refractivity contribution in [2.75, 3.05) is 70.3 Å². The molecule has 2 aliphatic heterocycles. The van der Waals surface area contributed by atoms with Crippen LogP contribution in [0.2, 0.25) is 10.0 Å². The number of ketones is 1. The van der Waals surface area contributed by atoms with Crippen LogP contribution in [-0.2, 0) is 39.9 Å². The van der Waals surface area contributed by atoms with Crippen molar-refractivity contribution >= 4 is 81.4 Å². The molecule has 7 rings (SSSR count). The van der Waals surface area contributed by atoms with Crippen LogP contribution >= 0.6 is 34.5 Å². The first-order valence-corrected chi connectivity index (χ1v) is 29.1. The van der Waals surface area contributed by atoms with Gasteiger partial charge in [0.05, 0.1) is 73.3 Å². The molecular formula is C59H72Cl2FN9O11S. The molecule has 2 aromatic heterocycles. The van der Waals surface area contributed by atoms with Crippen LogP contribution in [0, 0.1) is 24.1 Å². The zero-order chi connectivity index (χ0) is 60.1. The van der Waals surface area contributed by atoms with Gasteiger partial charge in [-0.25, -0.2) is 9.37 Å². The molecule has 24 heteroatoms. The molecule has 5 amide bonds. The van der Waals surface area contributed by atoms with E-state index in [1.165, 1.54) is 17.0 Å². The number of piperazine rings is 1. The number of likely N-dealkylation sites (tertiary alicyclic amines) is 1. The predicted octanol–water partition coefficient (Wildman–Crippen LogP) is 8.12. The van der Waals surface area contributed by atoms with Gasteiger partial charge in [0.15, 0.2) is 17.3 Å². The molecule has 0 radical (unpaired) electrons. The number of carbonyl (C=O) groups is 6. The van der Waals surface area contributed by atoms with E-state index in [2.05, 4.69) is 25.8 Å². The van der Waals surface area contributed by atoms with Gasteiger partial charge in [0.2, 0.25) is 17.7 Å². The molecule has 20 nitrogen and oxygen atoms in total. The van der Waals surface area contributed by atoms with E-state index < -0.39 is 41.3 Å². The number of nitrogens with two attached hydrogens (primary N) is 1. The summed E-state index contributed by atoms with van der Waals surface area (Å²) in [7, 11) is 0. The number of hydrogen-bond acceptors (Lipinski definition) is 16. The summed E-state index contributed by atoms with van der Waals surface area (Å²) in [6.07, 6.45) is -1.43. The minimum absolute atomic E-state index is 0.000419. The molecule has 83 heavy (non-hydrogen) atoms. The van der Waals surface area contributed by atoms with Crippen LogP contribution in [0.3, 0.4) is 0 Å². The second-order valence-electron chi connectivity index (χ2n) is 21.8. The third-order valence-electron chi connectivity index (χ3n) is 14.5. The van der Waals surface area contributed by atoms with Gasteiger partial charge < -0.3 is 55.1 Å². The second kappa shape index (κ2) is 29.2. The van der Waals surface area contributed by atoms with Crippen molar-refractivity contribution in [2.24, 2.45) is 11.3 Å². The summed E-state index contributed by atoms with van der Waals surface area (Å²) in [4.78, 5) is 91.2. The van der Waals surface area contributed by atoms with E-state index in [4.69, 9.17) is 47.9 Å². The average Bonchev–Trinajstić information content (AvgIpc) is 4.23. The molecule has 2 fully saturated rings. The molecule has 446 valence electrons. The van der Waals surface area contributed by atoms with Gasteiger partial charge in [-0.3, -0.25) is 28.8 Å². The molecule has 3 aromatic carbocycles. The largest absolute Gasteiger partial charge is 0.482 e. The summed E-state index contributed by atoms with van der Waals surface area (Å²) in [6.45, 7) is 15.2. The molecule has 0 saturated carbocycles. The lowest BCUT2D eigenvalue weighted by Crippen LogP contribution is -2.59. The van der Waals surface area contributed by atoms with Crippen molar-refractivity contribution < 1.29 is 57.2 Å². The fraction of sp³-hybridized carbons (Fsp3) is 0.475. The van der Waals surface area contributed by atoms with E-state index in [0.717, 1.165) is 27.8 Å². The number of aryl methyl sites for hydroxylation is 1. The van der Waals surface area contributed by atoms with Gasteiger partial charge in [0.1, 0.15) is 23.7 Å². The average molecular weight is 1210 g/mol. The Morgan fingerprint density at radius 1 is 0.867 bits per heavy atom. The van der Waals surface area contributed by atoms with Crippen LogP contribution in [0.1, 0.15) is 111 Å². The summed E-state index contributed by atoms with van der Waals surface area (Å²) >= 11 is 14.0. The summed E-state index contributed by atoms with van der Waals surface area (Å²) < 4.78 is 37.0. The van der Waals surface area contributed by atoms with E-state index in [1.807, 2.05) is 65.8 Å². The molecule has 0 bridgehead atoms. The monoisotopic (exact) mass is 1200 g/mol. The summed E-state index contributed by atoms with van der Waals surface area (Å²) in [5, 5.41) is 23.9. The Bertz CT molecular complexity index is 3080. The van der Waals surface area contributed by atoms with Gasteiger partial charge in [-0.2, -0.15) is 0 Å². The van der Waals surface area contributed by atoms with E-state index in [9.17, 15) is 38.3 Å². The zero-order valence-electron chi connectivity index (χ0n) is 47.6. The van der Waals surface area contributed by atoms with Crippen molar-refractivity contribution in [1.29, 1.82) is 0 Å². The first-order valence-electron chi connectivity index (χ1n) is 27.5. The maximum absolute atomic E-state index is 14.2. The van der Waals surface area contributed by atoms with Gasteiger partial charge in [-0.1, -0.05) is 68.2 Å². The number of anilines is 2. The normalized spacial score (nSPS) is 17.9. The number of aliphatic hydroxyl groups is 1. The van der Waals surface area contributed by atoms with Gasteiger partial charge in [-0.05, 0) is 80.6 Å². The Kier molecular flexibility index (Phi) is 22.5. The number of aromatic nitrogens is 3. The highest BCUT2D eigenvalue weighted by Gasteiger charge is 2.44. The topological polar surface area (TPSA) is 258 Å². The van der Waals surface area contributed by atoms with Gasteiger partial charge >= 0.3 is 0 Å². The Balaban J connectivity index is 0.752. The number of nitrogens with zero attached hydrogens (tertiary/aromatic N) is 6. The number of hydrogen-bond donors (Lipinski definition) is 4. The molecule has 5 aromatic rings. The smallest absolute Gasteiger partial charge is 0.276 e. The third-order valence-corrected chi connectivity index (χ3v) is 16.2. The SMILES string of the molecule is Cc1ncsc1-c1ccc(CNC(=O)[C@@H]2C[C@@H](O)CN2C(=O)[C@@H](CC(=O)CCOCCOCCOCCC(=O)N2[C@H](C)CN(C(=O)c3ccc(NC(=O)c4cc(O[C@H](C)c5c(Cl)ccc(F)c5Cl)c(N)nn4)cc3)C[C@@H]2C)C(C)(C)C)cc1. The number of ether oxygens (including phenoxy) is 4. The molecule has 2 saturated heterocycles. The number of carbonyl (C=O) groups excluding carboxylic acids is 6. The Hall–Kier alpha value is -6.66. The second-order valence-corrected chi connectivity index (χ2v) is 23.5. The lowest BCUT2D eigenvalue weighted by atomic mass is 9.76. The highest BCUT2D eigenvalue weighted by atomic mass is 35.5. The lowest BCUT2D eigenvalue weighted by Gasteiger charge is -2.44. The minimum Gasteiger partial charge on any atom is -0.482 e. The van der Waals surface area contributed by atoms with Crippen molar-refractivity contribution in [2.45, 2.75) is 111 Å². The fourth-order valence-electron chi connectivity index (χ4n) is 10.1. The molecule has 4 heterocycles. The minimum atomic E-state index is -0.866.